The number of ether oxygens (including phenoxy) is 1. The highest BCUT2D eigenvalue weighted by Crippen LogP contribution is 2.43. The number of nitrogens with one attached hydrogen (secondary N) is 5. The third-order valence-corrected chi connectivity index (χ3v) is 15.0. The number of aryl methyl sites for hydroxylation is 2. The molecule has 3 fully saturated rings. The molecule has 0 radical (unpaired) electrons. The molecule has 3 aromatic carbocycles. The number of nitrogens with zero attached hydrogens (tertiary/aromatic N) is 5. The molecule has 0 bridgehead atoms. The van der Waals surface area contributed by atoms with E-state index < -0.39 is 36.5 Å². The Morgan fingerprint density at radius 2 is 1.69 bits per heavy atom. The first-order valence-electron chi connectivity index (χ1n) is 22.7. The fraction of sp³-hybridized carbons (Fsp3) is 0.417. The topological polar surface area (TPSA) is 183 Å². The summed E-state index contributed by atoms with van der Waals surface area (Å²) in [6.07, 6.45) is 4.90. The average molecular weight is 1000 g/mol. The van der Waals surface area contributed by atoms with Gasteiger partial charge in [0.05, 0.1) is 40.3 Å². The Morgan fingerprint density at radius 1 is 0.940 bits per heavy atom. The van der Waals surface area contributed by atoms with Gasteiger partial charge in [-0.15, -0.1) is 0 Å². The zero-order valence-electron chi connectivity index (χ0n) is 38.3. The SMILES string of the molecule is CCc1cc(Nc2ncc(Br)c(Nc3ccc4nc(C)ccc4c3P(C)(C)=O)n2)c(OC)cc1N1CCC(NCCNC(=O)[C@@H]2CCN(c3cc(F)c([C@H]4CCC(=O)NC4=O)c(F)c3)C2)CC1. The molecule has 3 amide bonds. The molecule has 0 aliphatic carbocycles. The fourth-order valence-electron chi connectivity index (χ4n) is 9.39. The van der Waals surface area contributed by atoms with Gasteiger partial charge in [-0.05, 0) is 110 Å². The molecule has 0 spiro atoms. The second kappa shape index (κ2) is 20.3. The zero-order valence-corrected chi connectivity index (χ0v) is 40.8. The van der Waals surface area contributed by atoms with E-state index in [9.17, 15) is 18.9 Å². The standard InChI is InChI=1S/C48H56BrF2N10O5P/c1-6-28-21-39(57-48-54-25-34(49)45(59-48)56-38-11-10-37-32(8-7-27(2)55-37)44(38)67(4,5)65)41(66-3)24-40(28)60-19-14-30(15-20-60)52-16-17-53-46(63)29-13-18-61(26-29)31-22-35(50)43(36(51)23-31)33-9-12-42(62)58-47(33)64/h7-8,10-11,21-25,29-30,33,52H,6,9,12-20,26H2,1-5H3,(H,53,63)(H,58,62,64)(H2,54,56,57,59)/t29-,33-/m1/s1. The van der Waals surface area contributed by atoms with E-state index in [0.717, 1.165) is 65.9 Å². The van der Waals surface area contributed by atoms with E-state index in [4.69, 9.17) is 9.72 Å². The number of hydrogen-bond donors (Lipinski definition) is 5. The number of hydrogen-bond acceptors (Lipinski definition) is 13. The molecule has 0 saturated carbocycles. The highest BCUT2D eigenvalue weighted by Gasteiger charge is 2.35. The summed E-state index contributed by atoms with van der Waals surface area (Å²) in [5, 5.41) is 17.1. The van der Waals surface area contributed by atoms with Gasteiger partial charge in [0, 0.05) is 97.3 Å². The number of benzene rings is 3. The molecule has 354 valence electrons. The lowest BCUT2D eigenvalue weighted by Crippen LogP contribution is -2.45. The first-order chi connectivity index (χ1) is 32.1. The molecule has 0 unspecified atom stereocenters. The summed E-state index contributed by atoms with van der Waals surface area (Å²) in [5.74, 6) is -2.81. The number of aromatic nitrogens is 3. The summed E-state index contributed by atoms with van der Waals surface area (Å²) < 4.78 is 50.5. The van der Waals surface area contributed by atoms with Crippen molar-refractivity contribution >= 4 is 91.5 Å². The molecule has 3 saturated heterocycles. The van der Waals surface area contributed by atoms with Crippen molar-refractivity contribution in [2.45, 2.75) is 64.3 Å². The molecule has 5 heterocycles. The van der Waals surface area contributed by atoms with E-state index in [-0.39, 0.29) is 36.3 Å². The summed E-state index contributed by atoms with van der Waals surface area (Å²) >= 11 is 3.60. The van der Waals surface area contributed by atoms with Crippen LogP contribution in [-0.2, 0) is 25.4 Å². The number of carbonyl (C=O) groups excluding carboxylic acids is 3. The van der Waals surface area contributed by atoms with Gasteiger partial charge in [-0.25, -0.2) is 13.8 Å². The lowest BCUT2D eigenvalue weighted by atomic mass is 9.89. The van der Waals surface area contributed by atoms with Crippen LogP contribution >= 0.6 is 23.1 Å². The van der Waals surface area contributed by atoms with Crippen LogP contribution < -0.4 is 46.4 Å². The van der Waals surface area contributed by atoms with Crippen LogP contribution in [0.3, 0.4) is 0 Å². The number of carbonyl (C=O) groups is 3. The maximum Gasteiger partial charge on any atom is 0.234 e. The summed E-state index contributed by atoms with van der Waals surface area (Å²) in [6.45, 7) is 11.1. The normalized spacial score (nSPS) is 18.0. The average Bonchev–Trinajstić information content (AvgIpc) is 3.80. The summed E-state index contributed by atoms with van der Waals surface area (Å²) in [7, 11) is -1.11. The second-order valence-corrected chi connectivity index (χ2v) is 21.8. The van der Waals surface area contributed by atoms with Crippen molar-refractivity contribution in [3.8, 4) is 5.75 Å². The smallest absolute Gasteiger partial charge is 0.234 e. The van der Waals surface area contributed by atoms with Gasteiger partial charge in [-0.3, -0.25) is 24.7 Å². The maximum absolute atomic E-state index is 15.2. The molecule has 5 aromatic rings. The van der Waals surface area contributed by atoms with Crippen molar-refractivity contribution in [2.24, 2.45) is 5.92 Å². The molecule has 5 N–H and O–H groups in total. The minimum atomic E-state index is -2.75. The van der Waals surface area contributed by atoms with Gasteiger partial charge in [0.15, 0.2) is 0 Å². The van der Waals surface area contributed by atoms with Crippen molar-refractivity contribution in [3.63, 3.8) is 0 Å². The maximum atomic E-state index is 15.2. The van der Waals surface area contributed by atoms with Gasteiger partial charge < -0.3 is 40.4 Å². The van der Waals surface area contributed by atoms with E-state index in [0.29, 0.717) is 71.3 Å². The first-order valence-corrected chi connectivity index (χ1v) is 26.1. The molecular formula is C48H56BrF2N10O5P. The minimum Gasteiger partial charge on any atom is -0.494 e. The van der Waals surface area contributed by atoms with Gasteiger partial charge >= 0.3 is 0 Å². The van der Waals surface area contributed by atoms with E-state index in [1.165, 1.54) is 12.1 Å². The van der Waals surface area contributed by atoms with Crippen LogP contribution in [0.1, 0.15) is 61.8 Å². The second-order valence-electron chi connectivity index (χ2n) is 17.8. The molecule has 3 aliphatic heterocycles. The van der Waals surface area contributed by atoms with Gasteiger partial charge in [0.1, 0.15) is 30.3 Å². The Kier molecular flexibility index (Phi) is 14.4. The van der Waals surface area contributed by atoms with Crippen molar-refractivity contribution in [1.82, 2.24) is 30.9 Å². The molecular weight excluding hydrogens is 945 g/mol. The van der Waals surface area contributed by atoms with Crippen molar-refractivity contribution in [1.29, 1.82) is 0 Å². The molecule has 19 heteroatoms. The molecule has 2 aromatic heterocycles. The number of amides is 3. The van der Waals surface area contributed by atoms with E-state index in [1.807, 2.05) is 31.2 Å². The number of anilines is 6. The number of halogens is 3. The molecule has 2 atom stereocenters. The molecule has 3 aliphatic rings. The van der Waals surface area contributed by atoms with E-state index >= 15 is 8.78 Å². The monoisotopic (exact) mass is 1000 g/mol. The number of methoxy groups -OCH3 is 1. The highest BCUT2D eigenvalue weighted by molar-refractivity contribution is 9.10. The van der Waals surface area contributed by atoms with E-state index in [2.05, 4.69) is 76.4 Å². The quantitative estimate of drug-likeness (QED) is 0.0398. The van der Waals surface area contributed by atoms with Crippen LogP contribution in [-0.4, -0.2) is 98.4 Å². The van der Waals surface area contributed by atoms with Crippen molar-refractivity contribution in [2.75, 3.05) is 80.1 Å². The molecule has 15 nitrogen and oxygen atoms in total. The van der Waals surface area contributed by atoms with Crippen LogP contribution in [0.15, 0.2) is 59.2 Å². The Bertz CT molecular complexity index is 2750. The highest BCUT2D eigenvalue weighted by atomic mass is 79.9. The van der Waals surface area contributed by atoms with E-state index in [1.54, 1.807) is 31.5 Å². The first kappa shape index (κ1) is 47.8. The predicted octanol–water partition coefficient (Wildman–Crippen LogP) is 7.40. The third kappa shape index (κ3) is 10.7. The summed E-state index contributed by atoms with van der Waals surface area (Å²) in [4.78, 5) is 55.1. The summed E-state index contributed by atoms with van der Waals surface area (Å²) in [5.41, 5.74) is 5.31. The number of imide groups is 1. The number of piperidine rings is 2. The molecule has 67 heavy (non-hydrogen) atoms. The lowest BCUT2D eigenvalue weighted by molar-refractivity contribution is -0.134. The lowest BCUT2D eigenvalue weighted by Gasteiger charge is -2.35. The fourth-order valence-corrected chi connectivity index (χ4v) is 11.2. The van der Waals surface area contributed by atoms with Crippen LogP contribution in [0.5, 0.6) is 5.75 Å². The van der Waals surface area contributed by atoms with Crippen LogP contribution in [0, 0.1) is 24.5 Å². The van der Waals surface area contributed by atoms with Crippen molar-refractivity contribution < 1.29 is 32.5 Å². The van der Waals surface area contributed by atoms with Gasteiger partial charge in [-0.1, -0.05) is 13.0 Å². The Hall–Kier alpha value is -5.71. The van der Waals surface area contributed by atoms with Crippen LogP contribution in [0.2, 0.25) is 0 Å². The Labute approximate surface area is 397 Å². The summed E-state index contributed by atoms with van der Waals surface area (Å²) in [6, 6.07) is 14.5. The number of fused-ring (bicyclic) bond motifs is 1. The third-order valence-electron chi connectivity index (χ3n) is 12.8. The Morgan fingerprint density at radius 3 is 2.39 bits per heavy atom. The zero-order chi connectivity index (χ0) is 47.6. The Balaban J connectivity index is 0.830. The van der Waals surface area contributed by atoms with Gasteiger partial charge in [0.25, 0.3) is 0 Å². The number of pyridine rings is 1. The largest absolute Gasteiger partial charge is 0.494 e. The molecule has 8 rings (SSSR count). The van der Waals surface area contributed by atoms with Gasteiger partial charge in [-0.2, -0.15) is 4.98 Å². The number of rotatable bonds is 15. The van der Waals surface area contributed by atoms with Crippen molar-refractivity contribution in [3.05, 3.63) is 87.7 Å². The van der Waals surface area contributed by atoms with Crippen LogP contribution in [0.4, 0.5) is 43.3 Å². The van der Waals surface area contributed by atoms with Crippen LogP contribution in [0.25, 0.3) is 10.9 Å². The van der Waals surface area contributed by atoms with Gasteiger partial charge in [0.2, 0.25) is 23.7 Å². The predicted molar refractivity (Wildman–Crippen MR) is 262 cm³/mol. The minimum absolute atomic E-state index is 0.0205.